The SMILES string of the molecule is Cc1cc(Br)c(Cl)cc1NC(=O)COC(=O)CN1C(=O)[C@H]2C[C@H](Br)[C@@H](Br)C[C@H]2C1=O. The molecule has 1 heterocycles. The highest BCUT2D eigenvalue weighted by atomic mass is 79.9. The lowest BCUT2D eigenvalue weighted by Crippen LogP contribution is -2.37. The maximum atomic E-state index is 12.6. The van der Waals surface area contributed by atoms with Gasteiger partial charge >= 0.3 is 5.97 Å². The van der Waals surface area contributed by atoms with Crippen molar-refractivity contribution in [1.29, 1.82) is 0 Å². The summed E-state index contributed by atoms with van der Waals surface area (Å²) in [5.74, 6) is -2.97. The van der Waals surface area contributed by atoms with Gasteiger partial charge in [-0.3, -0.25) is 24.1 Å². The van der Waals surface area contributed by atoms with Crippen LogP contribution in [0.25, 0.3) is 0 Å². The molecule has 1 aromatic carbocycles. The molecule has 3 amide bonds. The van der Waals surface area contributed by atoms with Crippen LogP contribution in [0.15, 0.2) is 16.6 Å². The number of likely N-dealkylation sites (tertiary alicyclic amines) is 1. The van der Waals surface area contributed by atoms with E-state index in [9.17, 15) is 19.2 Å². The summed E-state index contributed by atoms with van der Waals surface area (Å²) in [4.78, 5) is 50.5. The van der Waals surface area contributed by atoms with Crippen LogP contribution >= 0.6 is 59.4 Å². The lowest BCUT2D eigenvalue weighted by atomic mass is 9.81. The van der Waals surface area contributed by atoms with E-state index >= 15 is 0 Å². The van der Waals surface area contributed by atoms with Crippen molar-refractivity contribution in [3.05, 3.63) is 27.2 Å². The van der Waals surface area contributed by atoms with Crippen molar-refractivity contribution in [2.24, 2.45) is 11.8 Å². The van der Waals surface area contributed by atoms with Crippen LogP contribution in [0.4, 0.5) is 5.69 Å². The molecule has 0 bridgehead atoms. The summed E-state index contributed by atoms with van der Waals surface area (Å²) in [6.07, 6.45) is 1.04. The molecule has 0 aromatic heterocycles. The number of alkyl halides is 2. The lowest BCUT2D eigenvalue weighted by molar-refractivity contribution is -0.154. The van der Waals surface area contributed by atoms with Crippen molar-refractivity contribution in [3.8, 4) is 0 Å². The number of carbonyl (C=O) groups is 4. The van der Waals surface area contributed by atoms with E-state index in [1.807, 2.05) is 0 Å². The zero-order valence-corrected chi connectivity index (χ0v) is 21.3. The number of nitrogens with zero attached hydrogens (tertiary/aromatic N) is 1. The number of hydrogen-bond acceptors (Lipinski definition) is 5. The van der Waals surface area contributed by atoms with E-state index in [0.29, 0.717) is 28.0 Å². The number of carbonyl (C=O) groups excluding carboxylic acids is 4. The average Bonchev–Trinajstić information content (AvgIpc) is 2.89. The van der Waals surface area contributed by atoms with Crippen LogP contribution < -0.4 is 5.32 Å². The predicted octanol–water partition coefficient (Wildman–Crippen LogP) is 3.81. The molecule has 4 atom stereocenters. The molecule has 3 rings (SSSR count). The zero-order valence-electron chi connectivity index (χ0n) is 15.8. The first-order valence-electron chi connectivity index (χ1n) is 9.13. The Kier molecular flexibility index (Phi) is 7.63. The standard InChI is InChI=1S/C19H18Br3ClN2O5/c1-8-2-13(22)14(23)5-15(8)24-16(26)7-30-17(27)6-25-18(28)9-3-11(20)12(21)4-10(9)19(25)29/h2,5,9-12H,3-4,6-7H2,1H3,(H,24,26)/t9-,10+,11-,12-/m0/s1. The first kappa shape index (κ1) is 23.7. The summed E-state index contributed by atoms with van der Waals surface area (Å²) >= 11 is 16.4. The van der Waals surface area contributed by atoms with Crippen LogP contribution in [-0.4, -0.2) is 51.4 Å². The topological polar surface area (TPSA) is 92.8 Å². The molecule has 1 N–H and O–H groups in total. The normalized spacial score (nSPS) is 25.8. The average molecular weight is 630 g/mol. The highest BCUT2D eigenvalue weighted by Gasteiger charge is 2.52. The van der Waals surface area contributed by atoms with Gasteiger partial charge < -0.3 is 10.1 Å². The lowest BCUT2D eigenvalue weighted by Gasteiger charge is -2.29. The number of anilines is 1. The van der Waals surface area contributed by atoms with Crippen molar-refractivity contribution >= 4 is 88.8 Å². The van der Waals surface area contributed by atoms with Gasteiger partial charge in [0.2, 0.25) is 11.8 Å². The number of hydrogen-bond donors (Lipinski definition) is 1. The molecule has 2 aliphatic rings. The predicted molar refractivity (Wildman–Crippen MR) is 122 cm³/mol. The smallest absolute Gasteiger partial charge is 0.326 e. The first-order chi connectivity index (χ1) is 14.1. The van der Waals surface area contributed by atoms with Gasteiger partial charge in [0.1, 0.15) is 6.54 Å². The fourth-order valence-electron chi connectivity index (χ4n) is 3.61. The summed E-state index contributed by atoms with van der Waals surface area (Å²) in [5.41, 5.74) is 1.27. The third-order valence-electron chi connectivity index (χ3n) is 5.20. The van der Waals surface area contributed by atoms with Crippen molar-refractivity contribution in [3.63, 3.8) is 0 Å². The maximum Gasteiger partial charge on any atom is 0.326 e. The van der Waals surface area contributed by atoms with Gasteiger partial charge in [0.05, 0.1) is 16.9 Å². The van der Waals surface area contributed by atoms with E-state index in [1.54, 1.807) is 19.1 Å². The molecule has 1 aliphatic carbocycles. The number of ether oxygens (including phenoxy) is 1. The fraction of sp³-hybridized carbons (Fsp3) is 0.474. The molecule has 2 fully saturated rings. The quantitative estimate of drug-likeness (QED) is 0.304. The molecule has 7 nitrogen and oxygen atoms in total. The van der Waals surface area contributed by atoms with Crippen LogP contribution in [-0.2, 0) is 23.9 Å². The number of nitrogens with one attached hydrogen (secondary N) is 1. The Morgan fingerprint density at radius 1 is 1.17 bits per heavy atom. The van der Waals surface area contributed by atoms with Gasteiger partial charge in [0.15, 0.2) is 6.61 Å². The van der Waals surface area contributed by atoms with Crippen molar-refractivity contribution < 1.29 is 23.9 Å². The Morgan fingerprint density at radius 3 is 2.30 bits per heavy atom. The van der Waals surface area contributed by atoms with E-state index in [-0.39, 0.29) is 21.5 Å². The Balaban J connectivity index is 1.53. The van der Waals surface area contributed by atoms with Gasteiger partial charge in [-0.1, -0.05) is 43.5 Å². The highest BCUT2D eigenvalue weighted by molar-refractivity contribution is 9.12. The molecule has 11 heteroatoms. The molecule has 162 valence electrons. The Labute approximate surface area is 203 Å². The van der Waals surface area contributed by atoms with Crippen molar-refractivity contribution in [1.82, 2.24) is 4.90 Å². The van der Waals surface area contributed by atoms with Gasteiger partial charge in [0.25, 0.3) is 5.91 Å². The van der Waals surface area contributed by atoms with Gasteiger partial charge in [0, 0.05) is 19.8 Å². The number of halogens is 4. The molecule has 1 aliphatic heterocycles. The fourth-order valence-corrected chi connectivity index (χ4v) is 5.47. The number of esters is 1. The van der Waals surface area contributed by atoms with Gasteiger partial charge in [-0.2, -0.15) is 0 Å². The minimum Gasteiger partial charge on any atom is -0.454 e. The molecule has 1 saturated heterocycles. The van der Waals surface area contributed by atoms with Gasteiger partial charge in [-0.15, -0.1) is 0 Å². The minimum atomic E-state index is -0.818. The number of imide groups is 1. The van der Waals surface area contributed by atoms with E-state index in [2.05, 4.69) is 53.1 Å². The van der Waals surface area contributed by atoms with Crippen molar-refractivity contribution in [2.45, 2.75) is 29.4 Å². The minimum absolute atomic E-state index is 0.0849. The number of benzene rings is 1. The third kappa shape index (κ3) is 5.08. The van der Waals surface area contributed by atoms with Crippen LogP contribution in [0.1, 0.15) is 18.4 Å². The number of fused-ring (bicyclic) bond motifs is 1. The number of aryl methyl sites for hydroxylation is 1. The van der Waals surface area contributed by atoms with E-state index in [0.717, 1.165) is 10.5 Å². The second-order valence-electron chi connectivity index (χ2n) is 7.27. The second kappa shape index (κ2) is 9.67. The van der Waals surface area contributed by atoms with E-state index in [1.165, 1.54) is 0 Å². The molecule has 30 heavy (non-hydrogen) atoms. The molecular formula is C19H18Br3ClN2O5. The van der Waals surface area contributed by atoms with Crippen molar-refractivity contribution in [2.75, 3.05) is 18.5 Å². The number of amides is 3. The van der Waals surface area contributed by atoms with Gasteiger partial charge in [-0.05, 0) is 53.4 Å². The van der Waals surface area contributed by atoms with E-state index in [4.69, 9.17) is 16.3 Å². The largest absolute Gasteiger partial charge is 0.454 e. The molecule has 0 unspecified atom stereocenters. The molecular weight excluding hydrogens is 611 g/mol. The summed E-state index contributed by atoms with van der Waals surface area (Å²) in [5, 5.41) is 3.04. The Morgan fingerprint density at radius 2 is 1.73 bits per heavy atom. The molecule has 1 aromatic rings. The van der Waals surface area contributed by atoms with Crippen LogP contribution in [0.5, 0.6) is 0 Å². The Bertz CT molecular complexity index is 884. The number of rotatable bonds is 5. The van der Waals surface area contributed by atoms with Crippen LogP contribution in [0, 0.1) is 18.8 Å². The summed E-state index contributed by atoms with van der Waals surface area (Å²) in [6.45, 7) is 0.755. The zero-order chi connectivity index (χ0) is 22.2. The Hall–Kier alpha value is -0.970. The molecule has 1 saturated carbocycles. The maximum absolute atomic E-state index is 12.6. The highest BCUT2D eigenvalue weighted by Crippen LogP contribution is 2.43. The summed E-state index contributed by atoms with van der Waals surface area (Å²) in [6, 6.07) is 3.33. The molecule has 0 radical (unpaired) electrons. The van der Waals surface area contributed by atoms with E-state index < -0.39 is 36.9 Å². The van der Waals surface area contributed by atoms with Crippen LogP contribution in [0.3, 0.4) is 0 Å². The second-order valence-corrected chi connectivity index (χ2v) is 10.9. The third-order valence-corrected chi connectivity index (χ3v) is 9.13. The summed E-state index contributed by atoms with van der Waals surface area (Å²) in [7, 11) is 0. The molecule has 0 spiro atoms. The monoisotopic (exact) mass is 626 g/mol. The summed E-state index contributed by atoms with van der Waals surface area (Å²) < 4.78 is 5.66. The van der Waals surface area contributed by atoms with Gasteiger partial charge in [-0.25, -0.2) is 0 Å². The first-order valence-corrected chi connectivity index (χ1v) is 12.1. The van der Waals surface area contributed by atoms with Crippen LogP contribution in [0.2, 0.25) is 5.02 Å².